The van der Waals surface area contributed by atoms with Crippen LogP contribution in [-0.4, -0.2) is 60.9 Å². The molecule has 1 atom stereocenters. The lowest BCUT2D eigenvalue weighted by Gasteiger charge is -2.35. The molecule has 1 aromatic heterocycles. The van der Waals surface area contributed by atoms with Crippen LogP contribution in [0.3, 0.4) is 0 Å². The maximum absolute atomic E-state index is 6.09. The molecule has 2 aliphatic heterocycles. The van der Waals surface area contributed by atoms with Gasteiger partial charge in [-0.1, -0.05) is 47.6 Å². The van der Waals surface area contributed by atoms with Gasteiger partial charge in [-0.2, -0.15) is 4.37 Å². The first-order valence-corrected chi connectivity index (χ1v) is 13.4. The highest BCUT2D eigenvalue weighted by atomic mass is 32.1. The summed E-state index contributed by atoms with van der Waals surface area (Å²) in [7, 11) is 1.66. The molecular formula is C29H30N4O3S. The summed E-state index contributed by atoms with van der Waals surface area (Å²) in [5.41, 5.74) is 3.07. The van der Waals surface area contributed by atoms with E-state index < -0.39 is 0 Å². The number of methoxy groups -OCH3 is 1. The molecular weight excluding hydrogens is 484 g/mol. The zero-order valence-corrected chi connectivity index (χ0v) is 21.7. The minimum atomic E-state index is 0.0532. The molecule has 1 fully saturated rings. The van der Waals surface area contributed by atoms with Crippen molar-refractivity contribution in [1.29, 1.82) is 0 Å². The minimum absolute atomic E-state index is 0.0532. The fraction of sp³-hybridized carbons (Fsp3) is 0.310. The van der Waals surface area contributed by atoms with E-state index in [1.807, 2.05) is 36.4 Å². The number of aromatic nitrogens is 1. The van der Waals surface area contributed by atoms with Crippen LogP contribution in [0.2, 0.25) is 0 Å². The van der Waals surface area contributed by atoms with Crippen LogP contribution in [0, 0.1) is 0 Å². The highest BCUT2D eigenvalue weighted by Crippen LogP contribution is 2.32. The third-order valence-corrected chi connectivity index (χ3v) is 7.78. The molecule has 0 radical (unpaired) electrons. The van der Waals surface area contributed by atoms with E-state index >= 15 is 0 Å². The number of fused-ring (bicyclic) bond motifs is 1. The van der Waals surface area contributed by atoms with Crippen molar-refractivity contribution in [1.82, 2.24) is 9.27 Å². The second kappa shape index (κ2) is 10.8. The zero-order chi connectivity index (χ0) is 25.0. The molecule has 3 heterocycles. The van der Waals surface area contributed by atoms with Crippen LogP contribution >= 0.6 is 11.5 Å². The van der Waals surface area contributed by atoms with Crippen molar-refractivity contribution in [3.05, 3.63) is 83.9 Å². The van der Waals surface area contributed by atoms with E-state index in [1.54, 1.807) is 18.6 Å². The van der Waals surface area contributed by atoms with Crippen LogP contribution in [0.1, 0.15) is 17.5 Å². The van der Waals surface area contributed by atoms with Gasteiger partial charge in [0.2, 0.25) is 0 Å². The Morgan fingerprint density at radius 2 is 1.76 bits per heavy atom. The molecule has 0 saturated carbocycles. The van der Waals surface area contributed by atoms with Crippen molar-refractivity contribution in [2.75, 3.05) is 44.7 Å². The highest BCUT2D eigenvalue weighted by Gasteiger charge is 2.28. The second-order valence-electron chi connectivity index (χ2n) is 9.40. The lowest BCUT2D eigenvalue weighted by atomic mass is 10.0. The summed E-state index contributed by atoms with van der Waals surface area (Å²) in [5, 5.41) is 5.69. The Balaban J connectivity index is 1.04. The zero-order valence-electron chi connectivity index (χ0n) is 20.9. The number of anilines is 1. The van der Waals surface area contributed by atoms with Crippen molar-refractivity contribution in [2.24, 2.45) is 5.16 Å². The molecule has 0 N–H and O–H groups in total. The van der Waals surface area contributed by atoms with Gasteiger partial charge in [0, 0.05) is 50.1 Å². The third-order valence-electron chi connectivity index (χ3n) is 6.96. The second-order valence-corrected chi connectivity index (χ2v) is 10.2. The van der Waals surface area contributed by atoms with Gasteiger partial charge in [-0.05, 0) is 47.4 Å². The highest BCUT2D eigenvalue weighted by molar-refractivity contribution is 7.13. The Bertz CT molecular complexity index is 1380. The van der Waals surface area contributed by atoms with Gasteiger partial charge in [0.05, 0.1) is 17.5 Å². The standard InChI is InChI=1S/C29H30N4O3S/c1-34-26-12-11-22(17-27(26)35-20-21-7-3-2-4-8-21)25-18-23(36-30-25)19-32-13-15-33(16-14-32)29-24-9-5-6-10-28(24)37-31-29/h2-12,17,23H,13-16,18-20H2,1H3. The van der Waals surface area contributed by atoms with Gasteiger partial charge in [0.1, 0.15) is 18.5 Å². The van der Waals surface area contributed by atoms with Crippen LogP contribution in [-0.2, 0) is 11.4 Å². The van der Waals surface area contributed by atoms with Crippen molar-refractivity contribution >= 4 is 33.1 Å². The summed E-state index contributed by atoms with van der Waals surface area (Å²) in [6.07, 6.45) is 0.832. The molecule has 1 saturated heterocycles. The molecule has 0 bridgehead atoms. The first-order valence-electron chi connectivity index (χ1n) is 12.7. The lowest BCUT2D eigenvalue weighted by molar-refractivity contribution is 0.0510. The predicted octanol–water partition coefficient (Wildman–Crippen LogP) is 5.20. The normalized spacial score (nSPS) is 18.0. The number of piperazine rings is 1. The van der Waals surface area contributed by atoms with Crippen molar-refractivity contribution in [3.63, 3.8) is 0 Å². The molecule has 0 spiro atoms. The van der Waals surface area contributed by atoms with Crippen LogP contribution in [0.4, 0.5) is 5.82 Å². The van der Waals surface area contributed by atoms with Crippen LogP contribution < -0.4 is 14.4 Å². The van der Waals surface area contributed by atoms with E-state index in [2.05, 4.69) is 51.4 Å². The van der Waals surface area contributed by atoms with Gasteiger partial charge < -0.3 is 19.2 Å². The molecule has 2 aliphatic rings. The van der Waals surface area contributed by atoms with Crippen LogP contribution in [0.25, 0.3) is 10.1 Å². The molecule has 190 valence electrons. The van der Waals surface area contributed by atoms with Gasteiger partial charge in [-0.15, -0.1) is 0 Å². The summed E-state index contributed by atoms with van der Waals surface area (Å²) in [5.74, 6) is 2.54. The van der Waals surface area contributed by atoms with Crippen LogP contribution in [0.5, 0.6) is 11.5 Å². The van der Waals surface area contributed by atoms with Crippen molar-refractivity contribution < 1.29 is 14.3 Å². The molecule has 6 rings (SSSR count). The van der Waals surface area contributed by atoms with Gasteiger partial charge in [-0.25, -0.2) is 0 Å². The summed E-state index contributed by atoms with van der Waals surface area (Å²) < 4.78 is 17.6. The summed E-state index contributed by atoms with van der Waals surface area (Å²) in [6, 6.07) is 24.6. The number of hydrogen-bond donors (Lipinski definition) is 0. The van der Waals surface area contributed by atoms with Crippen molar-refractivity contribution in [2.45, 2.75) is 19.1 Å². The SMILES string of the molecule is COc1ccc(C2=NOC(CN3CCN(c4nsc5ccccc45)CC3)C2)cc1OCc1ccccc1. The van der Waals surface area contributed by atoms with E-state index in [0.29, 0.717) is 18.1 Å². The van der Waals surface area contributed by atoms with E-state index in [1.165, 1.54) is 10.1 Å². The van der Waals surface area contributed by atoms with Crippen molar-refractivity contribution in [3.8, 4) is 11.5 Å². The fourth-order valence-electron chi connectivity index (χ4n) is 4.93. The van der Waals surface area contributed by atoms with E-state index in [0.717, 1.165) is 61.8 Å². The summed E-state index contributed by atoms with van der Waals surface area (Å²) in [4.78, 5) is 10.7. The van der Waals surface area contributed by atoms with E-state index in [4.69, 9.17) is 18.7 Å². The average Bonchev–Trinajstić information content (AvgIpc) is 3.60. The Hall–Kier alpha value is -3.62. The topological polar surface area (TPSA) is 59.4 Å². The number of benzene rings is 3. The number of rotatable bonds is 8. The molecule has 37 heavy (non-hydrogen) atoms. The molecule has 1 unspecified atom stereocenters. The minimum Gasteiger partial charge on any atom is -0.493 e. The van der Waals surface area contributed by atoms with E-state index in [-0.39, 0.29) is 6.10 Å². The smallest absolute Gasteiger partial charge is 0.162 e. The van der Waals surface area contributed by atoms with Gasteiger partial charge >= 0.3 is 0 Å². The molecule has 0 aliphatic carbocycles. The molecule has 7 nitrogen and oxygen atoms in total. The Kier molecular flexibility index (Phi) is 6.92. The quantitative estimate of drug-likeness (QED) is 0.322. The number of ether oxygens (including phenoxy) is 2. The van der Waals surface area contributed by atoms with E-state index in [9.17, 15) is 0 Å². The molecule has 0 amide bonds. The Labute approximate surface area is 221 Å². The van der Waals surface area contributed by atoms with Gasteiger partial charge in [0.15, 0.2) is 11.5 Å². The molecule has 4 aromatic rings. The van der Waals surface area contributed by atoms with Gasteiger partial charge in [0.25, 0.3) is 0 Å². The summed E-state index contributed by atoms with van der Waals surface area (Å²) in [6.45, 7) is 5.26. The largest absolute Gasteiger partial charge is 0.493 e. The number of nitrogens with zero attached hydrogens (tertiary/aromatic N) is 4. The Morgan fingerprint density at radius 3 is 2.59 bits per heavy atom. The predicted molar refractivity (Wildman–Crippen MR) is 148 cm³/mol. The van der Waals surface area contributed by atoms with Crippen LogP contribution in [0.15, 0.2) is 78.0 Å². The summed E-state index contributed by atoms with van der Waals surface area (Å²) >= 11 is 1.58. The number of hydrogen-bond acceptors (Lipinski definition) is 8. The van der Waals surface area contributed by atoms with Gasteiger partial charge in [-0.3, -0.25) is 4.90 Å². The third kappa shape index (κ3) is 5.26. The lowest BCUT2D eigenvalue weighted by Crippen LogP contribution is -2.48. The molecule has 8 heteroatoms. The number of oxime groups is 1. The monoisotopic (exact) mass is 514 g/mol. The Morgan fingerprint density at radius 1 is 0.946 bits per heavy atom. The maximum Gasteiger partial charge on any atom is 0.162 e. The first-order chi connectivity index (χ1) is 18.3. The first kappa shape index (κ1) is 23.8. The molecule has 3 aromatic carbocycles. The fourth-order valence-corrected chi connectivity index (χ4v) is 5.73. The average molecular weight is 515 g/mol. The maximum atomic E-state index is 6.09.